The number of nitrogens with one attached hydrogen (secondary N) is 2. The largest absolute Gasteiger partial charge is 0.356 e. The fraction of sp³-hybridized carbons (Fsp3) is 0.211. The highest BCUT2D eigenvalue weighted by Gasteiger charge is 2.11. The predicted molar refractivity (Wildman–Crippen MR) is 106 cm³/mol. The van der Waals surface area contributed by atoms with Crippen molar-refractivity contribution in [2.75, 3.05) is 11.9 Å². The van der Waals surface area contributed by atoms with E-state index in [4.69, 9.17) is 0 Å². The molecule has 2 heterocycles. The number of rotatable bonds is 8. The van der Waals surface area contributed by atoms with Crippen LogP contribution in [0.1, 0.15) is 28.0 Å². The van der Waals surface area contributed by atoms with Crippen LogP contribution in [0.5, 0.6) is 0 Å². The van der Waals surface area contributed by atoms with Crippen molar-refractivity contribution in [1.29, 1.82) is 0 Å². The van der Waals surface area contributed by atoms with Gasteiger partial charge in [-0.3, -0.25) is 14.9 Å². The zero-order valence-electron chi connectivity index (χ0n) is 14.1. The molecule has 3 rings (SSSR count). The summed E-state index contributed by atoms with van der Waals surface area (Å²) in [7, 11) is 0. The molecule has 0 aliphatic rings. The topological polar surface area (TPSA) is 71.1 Å². The van der Waals surface area contributed by atoms with E-state index in [0.717, 1.165) is 12.8 Å². The summed E-state index contributed by atoms with van der Waals surface area (Å²) in [6.07, 6.45) is 2.06. The van der Waals surface area contributed by atoms with Gasteiger partial charge in [0.1, 0.15) is 0 Å². The summed E-state index contributed by atoms with van der Waals surface area (Å²) in [4.78, 5) is 28.3. The van der Waals surface area contributed by atoms with Crippen LogP contribution in [0.4, 0.5) is 5.13 Å². The van der Waals surface area contributed by atoms with Crippen LogP contribution in [0.2, 0.25) is 0 Å². The molecule has 0 saturated carbocycles. The van der Waals surface area contributed by atoms with Crippen LogP contribution in [0.25, 0.3) is 0 Å². The van der Waals surface area contributed by atoms with Crippen LogP contribution in [0.3, 0.4) is 0 Å². The van der Waals surface area contributed by atoms with Crippen LogP contribution in [-0.4, -0.2) is 23.3 Å². The number of thiophene rings is 1. The molecule has 0 radical (unpaired) electrons. The monoisotopic (exact) mass is 385 g/mol. The Labute approximate surface area is 160 Å². The second kappa shape index (κ2) is 9.26. The van der Waals surface area contributed by atoms with Crippen molar-refractivity contribution in [3.8, 4) is 0 Å². The van der Waals surface area contributed by atoms with Crippen molar-refractivity contribution in [1.82, 2.24) is 10.3 Å². The number of anilines is 1. The smallest absolute Gasteiger partial charge is 0.258 e. The molecular weight excluding hydrogens is 366 g/mol. The maximum Gasteiger partial charge on any atom is 0.258 e. The average molecular weight is 386 g/mol. The number of aromatic nitrogens is 1. The van der Waals surface area contributed by atoms with Gasteiger partial charge in [-0.1, -0.05) is 30.3 Å². The van der Waals surface area contributed by atoms with Crippen LogP contribution in [0, 0.1) is 0 Å². The summed E-state index contributed by atoms with van der Waals surface area (Å²) in [5.74, 6) is -0.239. The first-order chi connectivity index (χ1) is 12.7. The third-order valence-corrected chi connectivity index (χ3v) is 5.19. The Bertz CT molecular complexity index is 845. The lowest BCUT2D eigenvalue weighted by Crippen LogP contribution is -2.26. The first-order valence-corrected chi connectivity index (χ1v) is 10.1. The maximum atomic E-state index is 12.0. The average Bonchev–Trinajstić information content (AvgIpc) is 3.32. The van der Waals surface area contributed by atoms with E-state index >= 15 is 0 Å². The fourth-order valence-corrected chi connectivity index (χ4v) is 3.74. The molecule has 26 heavy (non-hydrogen) atoms. The highest BCUT2D eigenvalue weighted by Crippen LogP contribution is 2.17. The first-order valence-electron chi connectivity index (χ1n) is 8.29. The van der Waals surface area contributed by atoms with E-state index < -0.39 is 0 Å². The zero-order valence-corrected chi connectivity index (χ0v) is 15.7. The Morgan fingerprint density at radius 1 is 1.08 bits per heavy atom. The fourth-order valence-electron chi connectivity index (χ4n) is 2.40. The van der Waals surface area contributed by atoms with Gasteiger partial charge in [0.15, 0.2) is 5.13 Å². The van der Waals surface area contributed by atoms with E-state index in [1.54, 1.807) is 16.8 Å². The third-order valence-electron chi connectivity index (χ3n) is 3.70. The van der Waals surface area contributed by atoms with Gasteiger partial charge >= 0.3 is 0 Å². The molecule has 2 N–H and O–H groups in total. The number of carbonyl (C=O) groups excluding carboxylic acids is 2. The van der Waals surface area contributed by atoms with Crippen molar-refractivity contribution in [3.63, 3.8) is 0 Å². The molecule has 2 aromatic heterocycles. The SMILES string of the molecule is O=C(Cc1csc(NC(=O)c2ccsc2)n1)NCCCc1ccccc1. The van der Waals surface area contributed by atoms with E-state index in [1.807, 2.05) is 23.6 Å². The molecule has 0 aliphatic carbocycles. The summed E-state index contributed by atoms with van der Waals surface area (Å²) in [6, 6.07) is 12.0. The molecule has 1 aromatic carbocycles. The minimum atomic E-state index is -0.183. The summed E-state index contributed by atoms with van der Waals surface area (Å²) in [5.41, 5.74) is 2.55. The molecule has 7 heteroatoms. The lowest BCUT2D eigenvalue weighted by atomic mass is 10.1. The number of hydrogen-bond acceptors (Lipinski definition) is 5. The number of hydrogen-bond donors (Lipinski definition) is 2. The Hall–Kier alpha value is -2.51. The number of amides is 2. The number of benzene rings is 1. The molecule has 2 amide bonds. The maximum absolute atomic E-state index is 12.0. The van der Waals surface area contributed by atoms with Gasteiger partial charge in [-0.05, 0) is 29.9 Å². The van der Waals surface area contributed by atoms with Crippen LogP contribution >= 0.6 is 22.7 Å². The van der Waals surface area contributed by atoms with Crippen LogP contribution < -0.4 is 10.6 Å². The van der Waals surface area contributed by atoms with Gasteiger partial charge in [0.25, 0.3) is 5.91 Å². The van der Waals surface area contributed by atoms with Crippen molar-refractivity contribution in [3.05, 3.63) is 69.4 Å². The standard InChI is InChI=1S/C19H19N3O2S2/c23-17(20-9-4-7-14-5-2-1-3-6-14)11-16-13-26-19(21-16)22-18(24)15-8-10-25-12-15/h1-3,5-6,8,10,12-13H,4,7,9,11H2,(H,20,23)(H,21,22,24). The van der Waals surface area contributed by atoms with Gasteiger partial charge in [0.05, 0.1) is 17.7 Å². The molecule has 134 valence electrons. The minimum absolute atomic E-state index is 0.0564. The Balaban J connectivity index is 1.39. The quantitative estimate of drug-likeness (QED) is 0.580. The molecule has 0 fully saturated rings. The normalized spacial score (nSPS) is 10.5. The van der Waals surface area contributed by atoms with Crippen molar-refractivity contribution < 1.29 is 9.59 Å². The Morgan fingerprint density at radius 3 is 2.69 bits per heavy atom. The lowest BCUT2D eigenvalue weighted by molar-refractivity contribution is -0.120. The van der Waals surface area contributed by atoms with E-state index in [0.29, 0.717) is 22.9 Å². The molecular formula is C19H19N3O2S2. The predicted octanol–water partition coefficient (Wildman–Crippen LogP) is 3.75. The molecule has 0 aliphatic heterocycles. The molecule has 5 nitrogen and oxygen atoms in total. The summed E-state index contributed by atoms with van der Waals surface area (Å²) in [5, 5.41) is 11.6. The van der Waals surface area contributed by atoms with Gasteiger partial charge < -0.3 is 5.32 Å². The van der Waals surface area contributed by atoms with Crippen molar-refractivity contribution in [2.24, 2.45) is 0 Å². The molecule has 0 bridgehead atoms. The van der Waals surface area contributed by atoms with Crippen molar-refractivity contribution >= 4 is 39.6 Å². The van der Waals surface area contributed by atoms with Gasteiger partial charge in [-0.2, -0.15) is 11.3 Å². The van der Waals surface area contributed by atoms with E-state index in [9.17, 15) is 9.59 Å². The summed E-state index contributed by atoms with van der Waals surface area (Å²) >= 11 is 2.79. The van der Waals surface area contributed by atoms with Gasteiger partial charge in [0.2, 0.25) is 5.91 Å². The summed E-state index contributed by atoms with van der Waals surface area (Å²) < 4.78 is 0. The Kier molecular flexibility index (Phi) is 6.51. The van der Waals surface area contributed by atoms with E-state index in [-0.39, 0.29) is 18.2 Å². The van der Waals surface area contributed by atoms with Crippen LogP contribution in [-0.2, 0) is 17.6 Å². The highest BCUT2D eigenvalue weighted by atomic mass is 32.1. The lowest BCUT2D eigenvalue weighted by Gasteiger charge is -2.04. The molecule has 0 atom stereocenters. The Morgan fingerprint density at radius 2 is 1.92 bits per heavy atom. The number of carbonyl (C=O) groups is 2. The first kappa shape index (κ1) is 18.3. The minimum Gasteiger partial charge on any atom is -0.356 e. The molecule has 3 aromatic rings. The highest BCUT2D eigenvalue weighted by molar-refractivity contribution is 7.14. The summed E-state index contributed by atoms with van der Waals surface area (Å²) in [6.45, 7) is 0.639. The van der Waals surface area contributed by atoms with E-state index in [1.165, 1.54) is 28.2 Å². The zero-order chi connectivity index (χ0) is 18.2. The van der Waals surface area contributed by atoms with E-state index in [2.05, 4.69) is 27.8 Å². The van der Waals surface area contributed by atoms with Gasteiger partial charge in [-0.15, -0.1) is 11.3 Å². The molecule has 0 unspecified atom stereocenters. The van der Waals surface area contributed by atoms with Crippen LogP contribution in [0.15, 0.2) is 52.5 Å². The molecule has 0 spiro atoms. The number of aryl methyl sites for hydroxylation is 1. The molecule has 0 saturated heterocycles. The van der Waals surface area contributed by atoms with Gasteiger partial charge in [0, 0.05) is 17.3 Å². The number of thiazole rings is 1. The second-order valence-corrected chi connectivity index (χ2v) is 7.36. The van der Waals surface area contributed by atoms with Crippen molar-refractivity contribution in [2.45, 2.75) is 19.3 Å². The third kappa shape index (κ3) is 5.50. The second-order valence-electron chi connectivity index (χ2n) is 5.73. The number of nitrogens with zero attached hydrogens (tertiary/aromatic N) is 1. The van der Waals surface area contributed by atoms with Gasteiger partial charge in [-0.25, -0.2) is 4.98 Å².